The van der Waals surface area contributed by atoms with Gasteiger partial charge in [0.15, 0.2) is 6.61 Å². The molecule has 0 radical (unpaired) electrons. The Kier molecular flexibility index (Phi) is 6.95. The Balaban J connectivity index is 1.43. The van der Waals surface area contributed by atoms with Crippen molar-refractivity contribution < 1.29 is 19.1 Å². The monoisotopic (exact) mass is 418 g/mol. The molecule has 1 N–H and O–H groups in total. The first-order valence-electron chi connectivity index (χ1n) is 8.72. The number of thioether (sulfide) groups is 1. The minimum Gasteiger partial charge on any atom is -0.456 e. The van der Waals surface area contributed by atoms with Crippen molar-refractivity contribution in [2.24, 2.45) is 0 Å². The Morgan fingerprint density at radius 1 is 1.14 bits per heavy atom. The van der Waals surface area contributed by atoms with Crippen LogP contribution in [-0.4, -0.2) is 36.7 Å². The molecule has 3 rings (SSSR count). The molecule has 0 aromatic heterocycles. The number of rotatable bonds is 7. The number of anilines is 1. The van der Waals surface area contributed by atoms with E-state index in [2.05, 4.69) is 5.32 Å². The summed E-state index contributed by atoms with van der Waals surface area (Å²) in [5.41, 5.74) is 1.58. The van der Waals surface area contributed by atoms with Gasteiger partial charge in [-0.1, -0.05) is 41.9 Å². The number of halogens is 1. The molecule has 146 valence electrons. The average Bonchev–Trinajstić information content (AvgIpc) is 2.71. The molecular weight excluding hydrogens is 400 g/mol. The van der Waals surface area contributed by atoms with E-state index in [1.165, 1.54) is 11.8 Å². The van der Waals surface area contributed by atoms with Gasteiger partial charge in [-0.25, -0.2) is 0 Å². The fourth-order valence-electron chi connectivity index (χ4n) is 2.71. The lowest BCUT2D eigenvalue weighted by molar-refractivity contribution is -0.148. The Morgan fingerprint density at radius 2 is 1.89 bits per heavy atom. The summed E-state index contributed by atoms with van der Waals surface area (Å²) < 4.78 is 5.01. The van der Waals surface area contributed by atoms with Crippen LogP contribution < -0.4 is 10.2 Å². The molecule has 0 bridgehead atoms. The van der Waals surface area contributed by atoms with Gasteiger partial charge in [-0.05, 0) is 23.8 Å². The maximum absolute atomic E-state index is 12.2. The number of benzene rings is 2. The van der Waals surface area contributed by atoms with Crippen LogP contribution in [0.25, 0.3) is 0 Å². The summed E-state index contributed by atoms with van der Waals surface area (Å²) in [5.74, 6) is -0.647. The van der Waals surface area contributed by atoms with Gasteiger partial charge in [0, 0.05) is 23.0 Å². The molecule has 0 fully saturated rings. The van der Waals surface area contributed by atoms with E-state index in [1.54, 1.807) is 23.1 Å². The fraction of sp³-hybridized carbons (Fsp3) is 0.250. The zero-order chi connectivity index (χ0) is 19.9. The standard InChI is InChI=1S/C20H19ClN2O4S/c21-15-6-2-1-5-14(15)11-22-18(24)12-27-20(26)9-10-23-16-7-3-4-8-17(16)28-13-19(23)25/h1-8H,9-13H2,(H,22,24). The van der Waals surface area contributed by atoms with E-state index in [-0.39, 0.29) is 32.0 Å². The van der Waals surface area contributed by atoms with E-state index in [0.717, 1.165) is 16.1 Å². The average molecular weight is 419 g/mol. The molecule has 2 aromatic rings. The van der Waals surface area contributed by atoms with Crippen molar-refractivity contribution in [3.05, 3.63) is 59.1 Å². The third kappa shape index (κ3) is 5.27. The highest BCUT2D eigenvalue weighted by Gasteiger charge is 2.24. The molecule has 1 heterocycles. The van der Waals surface area contributed by atoms with Crippen molar-refractivity contribution in [2.75, 3.05) is 23.8 Å². The molecular formula is C20H19ClN2O4S. The molecule has 1 aliphatic heterocycles. The van der Waals surface area contributed by atoms with E-state index >= 15 is 0 Å². The number of ether oxygens (including phenoxy) is 1. The molecule has 0 atom stereocenters. The van der Waals surface area contributed by atoms with Crippen molar-refractivity contribution in [1.82, 2.24) is 5.32 Å². The SMILES string of the molecule is O=C(COC(=O)CCN1C(=O)CSc2ccccc21)NCc1ccccc1Cl. The van der Waals surface area contributed by atoms with Crippen LogP contribution in [-0.2, 0) is 25.7 Å². The molecule has 28 heavy (non-hydrogen) atoms. The third-order valence-corrected chi connectivity index (χ3v) is 5.56. The molecule has 1 aliphatic rings. The van der Waals surface area contributed by atoms with Gasteiger partial charge < -0.3 is 15.0 Å². The number of carbonyl (C=O) groups is 3. The number of amides is 2. The fourth-order valence-corrected chi connectivity index (χ4v) is 3.85. The lowest BCUT2D eigenvalue weighted by Gasteiger charge is -2.28. The number of hydrogen-bond acceptors (Lipinski definition) is 5. The molecule has 2 amide bonds. The summed E-state index contributed by atoms with van der Waals surface area (Å²) in [4.78, 5) is 38.6. The zero-order valence-corrected chi connectivity index (χ0v) is 16.6. The lowest BCUT2D eigenvalue weighted by Crippen LogP contribution is -2.37. The normalized spacial score (nSPS) is 13.0. The smallest absolute Gasteiger partial charge is 0.308 e. The summed E-state index contributed by atoms with van der Waals surface area (Å²) in [5, 5.41) is 3.21. The van der Waals surface area contributed by atoms with Crippen LogP contribution in [0.1, 0.15) is 12.0 Å². The van der Waals surface area contributed by atoms with Crippen LogP contribution in [0.15, 0.2) is 53.4 Å². The van der Waals surface area contributed by atoms with Gasteiger partial charge in [0.1, 0.15) is 0 Å². The van der Waals surface area contributed by atoms with E-state index in [9.17, 15) is 14.4 Å². The topological polar surface area (TPSA) is 75.7 Å². The van der Waals surface area contributed by atoms with Crippen molar-refractivity contribution in [1.29, 1.82) is 0 Å². The highest BCUT2D eigenvalue weighted by Crippen LogP contribution is 2.34. The molecule has 0 aliphatic carbocycles. The van der Waals surface area contributed by atoms with Crippen LogP contribution in [0.2, 0.25) is 5.02 Å². The number of nitrogens with zero attached hydrogens (tertiary/aromatic N) is 1. The van der Waals surface area contributed by atoms with E-state index < -0.39 is 11.9 Å². The van der Waals surface area contributed by atoms with E-state index in [4.69, 9.17) is 16.3 Å². The Labute approximate surface area is 172 Å². The van der Waals surface area contributed by atoms with Crippen molar-refractivity contribution in [3.63, 3.8) is 0 Å². The van der Waals surface area contributed by atoms with Crippen LogP contribution >= 0.6 is 23.4 Å². The number of fused-ring (bicyclic) bond motifs is 1. The largest absolute Gasteiger partial charge is 0.456 e. The van der Waals surface area contributed by atoms with E-state index in [0.29, 0.717) is 10.8 Å². The van der Waals surface area contributed by atoms with E-state index in [1.807, 2.05) is 30.3 Å². The third-order valence-electron chi connectivity index (χ3n) is 4.15. The Morgan fingerprint density at radius 3 is 2.71 bits per heavy atom. The van der Waals surface area contributed by atoms with Crippen LogP contribution in [0.4, 0.5) is 5.69 Å². The van der Waals surface area contributed by atoms with Crippen LogP contribution in [0.5, 0.6) is 0 Å². The molecule has 0 saturated carbocycles. The quantitative estimate of drug-likeness (QED) is 0.699. The highest BCUT2D eigenvalue weighted by molar-refractivity contribution is 8.00. The molecule has 6 nitrogen and oxygen atoms in total. The zero-order valence-electron chi connectivity index (χ0n) is 15.0. The first-order valence-corrected chi connectivity index (χ1v) is 10.1. The number of esters is 1. The Hall–Kier alpha value is -2.51. The first kappa shape index (κ1) is 20.2. The predicted molar refractivity (Wildman–Crippen MR) is 108 cm³/mol. The highest BCUT2D eigenvalue weighted by atomic mass is 35.5. The maximum atomic E-state index is 12.2. The van der Waals surface area contributed by atoms with Gasteiger partial charge in [0.25, 0.3) is 5.91 Å². The molecule has 8 heteroatoms. The summed E-state index contributed by atoms with van der Waals surface area (Å²) in [6, 6.07) is 14.7. The number of para-hydroxylation sites is 1. The number of nitrogens with one attached hydrogen (secondary N) is 1. The molecule has 0 saturated heterocycles. The van der Waals surface area contributed by atoms with Crippen molar-refractivity contribution >= 4 is 46.8 Å². The minimum atomic E-state index is -0.531. The summed E-state index contributed by atoms with van der Waals surface area (Å²) in [6.45, 7) is 0.104. The first-order chi connectivity index (χ1) is 13.5. The second-order valence-corrected chi connectivity index (χ2v) is 7.50. The second-order valence-electron chi connectivity index (χ2n) is 6.08. The van der Waals surface area contributed by atoms with Crippen LogP contribution in [0, 0.1) is 0 Å². The maximum Gasteiger partial charge on any atom is 0.308 e. The predicted octanol–water partition coefficient (Wildman–Crippen LogP) is 3.03. The molecule has 0 unspecified atom stereocenters. The van der Waals surface area contributed by atoms with Gasteiger partial charge in [0.05, 0.1) is 17.9 Å². The summed E-state index contributed by atoms with van der Waals surface area (Å²) in [7, 11) is 0. The summed E-state index contributed by atoms with van der Waals surface area (Å²) >= 11 is 7.51. The molecule has 2 aromatic carbocycles. The van der Waals surface area contributed by atoms with Gasteiger partial charge in [-0.15, -0.1) is 11.8 Å². The lowest BCUT2D eigenvalue weighted by atomic mass is 10.2. The van der Waals surface area contributed by atoms with Gasteiger partial charge in [0.2, 0.25) is 5.91 Å². The minimum absolute atomic E-state index is 0.0164. The number of carbonyl (C=O) groups excluding carboxylic acids is 3. The van der Waals surface area contributed by atoms with Gasteiger partial charge >= 0.3 is 5.97 Å². The number of hydrogen-bond donors (Lipinski definition) is 1. The van der Waals surface area contributed by atoms with Crippen molar-refractivity contribution in [3.8, 4) is 0 Å². The Bertz CT molecular complexity index is 890. The van der Waals surface area contributed by atoms with Crippen LogP contribution in [0.3, 0.4) is 0 Å². The summed E-state index contributed by atoms with van der Waals surface area (Å²) in [6.07, 6.45) is 0.0164. The second kappa shape index (κ2) is 9.61. The molecule has 0 spiro atoms. The van der Waals surface area contributed by atoms with Crippen molar-refractivity contribution in [2.45, 2.75) is 17.9 Å². The van der Waals surface area contributed by atoms with Gasteiger partial charge in [-0.3, -0.25) is 14.4 Å². The van der Waals surface area contributed by atoms with Gasteiger partial charge in [-0.2, -0.15) is 0 Å².